The van der Waals surface area contributed by atoms with Gasteiger partial charge in [-0.1, -0.05) is 19.9 Å². The van der Waals surface area contributed by atoms with Gasteiger partial charge in [-0.15, -0.1) is 0 Å². The van der Waals surface area contributed by atoms with Crippen LogP contribution in [0.2, 0.25) is 0 Å². The molecular weight excluding hydrogens is 284 g/mol. The highest BCUT2D eigenvalue weighted by Crippen LogP contribution is 2.20. The fraction of sp³-hybridized carbons (Fsp3) is 0.474. The number of hydrogen-bond donors (Lipinski definition) is 1. The molecule has 0 atom stereocenters. The summed E-state index contributed by atoms with van der Waals surface area (Å²) in [6, 6.07) is 8.47. The predicted molar refractivity (Wildman–Crippen MR) is 98.8 cm³/mol. The molecule has 2 rings (SSSR count). The summed E-state index contributed by atoms with van der Waals surface area (Å²) in [6.45, 7) is 12.7. The Labute approximate surface area is 140 Å². The van der Waals surface area contributed by atoms with Gasteiger partial charge < -0.3 is 10.2 Å². The van der Waals surface area contributed by atoms with Crippen molar-refractivity contribution in [1.82, 2.24) is 9.97 Å². The quantitative estimate of drug-likeness (QED) is 0.799. The van der Waals surface area contributed by atoms with E-state index in [0.29, 0.717) is 5.95 Å². The first-order valence-corrected chi connectivity index (χ1v) is 8.47. The van der Waals surface area contributed by atoms with Gasteiger partial charge in [0.05, 0.1) is 0 Å². The zero-order valence-corrected chi connectivity index (χ0v) is 15.0. The highest BCUT2D eigenvalue weighted by molar-refractivity contribution is 5.57. The second kappa shape index (κ2) is 7.95. The van der Waals surface area contributed by atoms with Crippen LogP contribution in [0.5, 0.6) is 0 Å². The molecule has 1 aromatic heterocycles. The Bertz CT molecular complexity index is 626. The maximum atomic E-state index is 4.73. The van der Waals surface area contributed by atoms with Gasteiger partial charge in [0.25, 0.3) is 0 Å². The van der Waals surface area contributed by atoms with Crippen LogP contribution >= 0.6 is 0 Å². The van der Waals surface area contributed by atoms with Crippen molar-refractivity contribution >= 4 is 17.5 Å². The van der Waals surface area contributed by atoms with E-state index in [-0.39, 0.29) is 0 Å². The van der Waals surface area contributed by atoms with Crippen molar-refractivity contribution < 1.29 is 0 Å². The second-order valence-electron chi connectivity index (χ2n) is 6.18. The van der Waals surface area contributed by atoms with Crippen LogP contribution in [0.3, 0.4) is 0 Å². The lowest BCUT2D eigenvalue weighted by molar-refractivity contribution is 0.732. The molecule has 0 spiro atoms. The van der Waals surface area contributed by atoms with E-state index in [1.54, 1.807) is 0 Å². The van der Waals surface area contributed by atoms with Gasteiger partial charge >= 0.3 is 0 Å². The summed E-state index contributed by atoms with van der Waals surface area (Å²) in [7, 11) is 0. The SMILES string of the molecule is CCCN(CCC)c1cc(C)nc(Nc2cc(C)cc(C)c2)n1. The van der Waals surface area contributed by atoms with Gasteiger partial charge in [-0.05, 0) is 56.9 Å². The van der Waals surface area contributed by atoms with E-state index in [1.165, 1.54) is 11.1 Å². The maximum absolute atomic E-state index is 4.73. The van der Waals surface area contributed by atoms with E-state index in [1.807, 2.05) is 6.92 Å². The van der Waals surface area contributed by atoms with Crippen LogP contribution in [-0.2, 0) is 0 Å². The number of benzene rings is 1. The van der Waals surface area contributed by atoms with Crippen molar-refractivity contribution in [1.29, 1.82) is 0 Å². The highest BCUT2D eigenvalue weighted by atomic mass is 15.2. The van der Waals surface area contributed by atoms with E-state index in [0.717, 1.165) is 43.1 Å². The Morgan fingerprint density at radius 3 is 2.04 bits per heavy atom. The van der Waals surface area contributed by atoms with E-state index in [2.05, 4.69) is 67.2 Å². The van der Waals surface area contributed by atoms with Gasteiger partial charge in [-0.25, -0.2) is 4.98 Å². The Balaban J connectivity index is 2.28. The Hall–Kier alpha value is -2.10. The third-order valence-corrected chi connectivity index (χ3v) is 3.63. The average Bonchev–Trinajstić information content (AvgIpc) is 2.45. The summed E-state index contributed by atoms with van der Waals surface area (Å²) in [5.74, 6) is 1.68. The molecule has 0 bridgehead atoms. The minimum Gasteiger partial charge on any atom is -0.356 e. The van der Waals surface area contributed by atoms with Crippen molar-refractivity contribution in [2.24, 2.45) is 0 Å². The van der Waals surface area contributed by atoms with Crippen LogP contribution in [0.1, 0.15) is 43.5 Å². The van der Waals surface area contributed by atoms with Crippen molar-refractivity contribution in [2.45, 2.75) is 47.5 Å². The molecule has 4 nitrogen and oxygen atoms in total. The Kier molecular flexibility index (Phi) is 5.97. The van der Waals surface area contributed by atoms with Crippen LogP contribution in [0.25, 0.3) is 0 Å². The molecule has 0 unspecified atom stereocenters. The zero-order valence-electron chi connectivity index (χ0n) is 15.0. The number of anilines is 3. The van der Waals surface area contributed by atoms with Gasteiger partial charge in [0.15, 0.2) is 0 Å². The summed E-state index contributed by atoms with van der Waals surface area (Å²) in [5, 5.41) is 3.36. The molecule has 124 valence electrons. The maximum Gasteiger partial charge on any atom is 0.229 e. The molecule has 2 aromatic rings. The molecule has 0 aliphatic heterocycles. The molecule has 4 heteroatoms. The summed E-state index contributed by atoms with van der Waals surface area (Å²) in [4.78, 5) is 11.6. The Morgan fingerprint density at radius 2 is 1.48 bits per heavy atom. The summed E-state index contributed by atoms with van der Waals surface area (Å²) >= 11 is 0. The Morgan fingerprint density at radius 1 is 0.870 bits per heavy atom. The van der Waals surface area contributed by atoms with Gasteiger partial charge in [0.2, 0.25) is 5.95 Å². The van der Waals surface area contributed by atoms with E-state index < -0.39 is 0 Å². The third kappa shape index (κ3) is 4.95. The van der Waals surface area contributed by atoms with Crippen LogP contribution in [0.15, 0.2) is 24.3 Å². The number of aromatic nitrogens is 2. The van der Waals surface area contributed by atoms with Crippen molar-refractivity contribution in [2.75, 3.05) is 23.3 Å². The molecule has 0 saturated heterocycles. The molecule has 0 aliphatic carbocycles. The van der Waals surface area contributed by atoms with Crippen molar-refractivity contribution in [3.8, 4) is 0 Å². The lowest BCUT2D eigenvalue weighted by atomic mass is 10.1. The molecule has 23 heavy (non-hydrogen) atoms. The van der Waals surface area contributed by atoms with Crippen LogP contribution in [0.4, 0.5) is 17.5 Å². The lowest BCUT2D eigenvalue weighted by Crippen LogP contribution is -2.26. The van der Waals surface area contributed by atoms with E-state index in [9.17, 15) is 0 Å². The summed E-state index contributed by atoms with van der Waals surface area (Å²) in [5.41, 5.74) is 4.49. The molecule has 1 heterocycles. The van der Waals surface area contributed by atoms with E-state index >= 15 is 0 Å². The fourth-order valence-electron chi connectivity index (χ4n) is 2.83. The normalized spacial score (nSPS) is 10.7. The lowest BCUT2D eigenvalue weighted by Gasteiger charge is -2.23. The molecule has 1 aromatic carbocycles. The summed E-state index contributed by atoms with van der Waals surface area (Å²) in [6.07, 6.45) is 2.23. The largest absolute Gasteiger partial charge is 0.356 e. The molecule has 0 radical (unpaired) electrons. The minimum absolute atomic E-state index is 0.669. The second-order valence-corrected chi connectivity index (χ2v) is 6.18. The number of nitrogens with zero attached hydrogens (tertiary/aromatic N) is 3. The minimum atomic E-state index is 0.669. The number of rotatable bonds is 7. The van der Waals surface area contributed by atoms with E-state index in [4.69, 9.17) is 4.98 Å². The number of hydrogen-bond acceptors (Lipinski definition) is 4. The first-order valence-electron chi connectivity index (χ1n) is 8.47. The van der Waals surface area contributed by atoms with Gasteiger partial charge in [-0.2, -0.15) is 4.98 Å². The van der Waals surface area contributed by atoms with Crippen molar-refractivity contribution in [3.05, 3.63) is 41.1 Å². The average molecular weight is 312 g/mol. The van der Waals surface area contributed by atoms with Crippen molar-refractivity contribution in [3.63, 3.8) is 0 Å². The van der Waals surface area contributed by atoms with Gasteiger partial charge in [0, 0.05) is 30.5 Å². The van der Waals surface area contributed by atoms with Gasteiger partial charge in [-0.3, -0.25) is 0 Å². The molecule has 1 N–H and O–H groups in total. The third-order valence-electron chi connectivity index (χ3n) is 3.63. The first-order chi connectivity index (χ1) is 11.0. The molecule has 0 aliphatic rings. The fourth-order valence-corrected chi connectivity index (χ4v) is 2.83. The predicted octanol–water partition coefficient (Wildman–Crippen LogP) is 4.77. The topological polar surface area (TPSA) is 41.1 Å². The first kappa shape index (κ1) is 17.3. The summed E-state index contributed by atoms with van der Waals surface area (Å²) < 4.78 is 0. The molecular formula is C19H28N4. The van der Waals surface area contributed by atoms with Crippen LogP contribution in [-0.4, -0.2) is 23.1 Å². The number of aryl methyl sites for hydroxylation is 3. The smallest absolute Gasteiger partial charge is 0.229 e. The standard InChI is InChI=1S/C19H28N4/c1-6-8-23(9-7-2)18-13-16(5)20-19(22-18)21-17-11-14(3)10-15(4)12-17/h10-13H,6-9H2,1-5H3,(H,20,21,22). The number of nitrogens with one attached hydrogen (secondary N) is 1. The molecule has 0 saturated carbocycles. The van der Waals surface area contributed by atoms with Crippen LogP contribution < -0.4 is 10.2 Å². The van der Waals surface area contributed by atoms with Gasteiger partial charge in [0.1, 0.15) is 5.82 Å². The zero-order chi connectivity index (χ0) is 16.8. The van der Waals surface area contributed by atoms with Crippen LogP contribution in [0, 0.1) is 20.8 Å². The molecule has 0 amide bonds. The molecule has 0 fully saturated rings. The monoisotopic (exact) mass is 312 g/mol. The highest BCUT2D eigenvalue weighted by Gasteiger charge is 2.10.